The molecule has 41 heavy (non-hydrogen) atoms. The van der Waals surface area contributed by atoms with Crippen molar-refractivity contribution >= 4 is 12.3 Å². The fraction of sp³-hybridized carbons (Fsp3) is 0.941. The van der Waals surface area contributed by atoms with Gasteiger partial charge in [-0.05, 0) is 0 Å². The van der Waals surface area contributed by atoms with Gasteiger partial charge in [0.1, 0.15) is 0 Å². The molecule has 0 bridgehead atoms. The average Bonchev–Trinajstić information content (AvgIpc) is 2.90. The lowest BCUT2D eigenvalue weighted by Gasteiger charge is -2.02. The van der Waals surface area contributed by atoms with Crippen molar-refractivity contribution in [2.24, 2.45) is 0 Å². The van der Waals surface area contributed by atoms with Gasteiger partial charge in [-0.3, -0.25) is 0 Å². The molecule has 0 saturated carbocycles. The first-order valence-electron chi connectivity index (χ1n) is 17.1. The van der Waals surface area contributed by atoms with Gasteiger partial charge in [-0.2, -0.15) is 0 Å². The Balaban J connectivity index is -0.000000163. The van der Waals surface area contributed by atoms with Gasteiger partial charge in [0.15, 0.2) is 0 Å². The molecular weight excluding hydrogens is 520 g/mol. The van der Waals surface area contributed by atoms with Crippen molar-refractivity contribution in [1.82, 2.24) is 0 Å². The van der Waals surface area contributed by atoms with Crippen LogP contribution in [-0.2, 0) is 0 Å². The second kappa shape index (κ2) is 51.3. The van der Waals surface area contributed by atoms with E-state index in [2.05, 4.69) is 27.7 Å². The summed E-state index contributed by atoms with van der Waals surface area (Å²) in [5.74, 6) is 0. The van der Waals surface area contributed by atoms with Crippen LogP contribution in [0.5, 0.6) is 0 Å². The van der Waals surface area contributed by atoms with Crippen LogP contribution in [0, 0.1) is 0 Å². The first-order valence-corrected chi connectivity index (χ1v) is 17.1. The maximum atomic E-state index is 8.56. The van der Waals surface area contributed by atoms with Gasteiger partial charge < -0.3 is 25.9 Å². The molecule has 252 valence electrons. The van der Waals surface area contributed by atoms with Crippen LogP contribution in [0.2, 0.25) is 0 Å². The summed E-state index contributed by atoms with van der Waals surface area (Å²) < 4.78 is 0. The molecule has 0 aliphatic carbocycles. The van der Waals surface area contributed by atoms with E-state index in [4.69, 9.17) is 30.0 Å². The molecule has 0 unspecified atom stereocenters. The predicted molar refractivity (Wildman–Crippen MR) is 177 cm³/mol. The van der Waals surface area contributed by atoms with E-state index in [-0.39, 0.29) is 5.48 Å². The van der Waals surface area contributed by atoms with Crippen molar-refractivity contribution in [3.63, 3.8) is 0 Å². The van der Waals surface area contributed by atoms with Crippen LogP contribution in [0.3, 0.4) is 0 Å². The lowest BCUT2D eigenvalue weighted by Crippen LogP contribution is -1.82. The van der Waals surface area contributed by atoms with E-state index in [0.29, 0.717) is 0 Å². The van der Waals surface area contributed by atoms with Gasteiger partial charge in [0, 0.05) is 0 Å². The zero-order valence-corrected chi connectivity index (χ0v) is 27.9. The van der Waals surface area contributed by atoms with Crippen molar-refractivity contribution in [1.29, 1.82) is 0 Å². The number of unbranched alkanes of at least 4 members (excludes halogenated alkanes) is 26. The highest BCUT2D eigenvalue weighted by molar-refractivity contribution is 5.53. The summed E-state index contributed by atoms with van der Waals surface area (Å²) >= 11 is 0. The van der Waals surface area contributed by atoms with E-state index in [9.17, 15) is 0 Å². The molecule has 0 aromatic carbocycles. The molecule has 0 rings (SSSR count). The molecule has 0 atom stereocenters. The third-order valence-corrected chi connectivity index (χ3v) is 6.91. The molecule has 6 N–H and O–H groups in total. The molecule has 0 aliphatic rings. The number of rotatable bonds is 26. The Hall–Kier alpha value is -1.50. The van der Waals surface area contributed by atoms with Crippen molar-refractivity contribution in [3.8, 4) is 0 Å². The van der Waals surface area contributed by atoms with Crippen LogP contribution in [0.15, 0.2) is 0 Å². The van der Waals surface area contributed by atoms with Gasteiger partial charge in [0.05, 0.1) is 0 Å². The first-order chi connectivity index (χ1) is 19.3. The molecule has 0 saturated heterocycles. The third kappa shape index (κ3) is 85.5. The summed E-state index contributed by atoms with van der Waals surface area (Å²) in [5, 5.41) is 27.9. The van der Waals surface area contributed by atoms with Gasteiger partial charge in [-0.1, -0.05) is 207 Å². The lowest BCUT2D eigenvalue weighted by atomic mass is 10.0. The zero-order valence-electron chi connectivity index (χ0n) is 27.9. The predicted octanol–water partition coefficient (Wildman–Crippen LogP) is 12.6. The summed E-state index contributed by atoms with van der Waals surface area (Å²) in [6.45, 7) is 9.16. The van der Waals surface area contributed by atoms with E-state index >= 15 is 0 Å². The molecule has 0 amide bonds. The van der Waals surface area contributed by atoms with Crippen LogP contribution >= 0.6 is 0 Å². The monoisotopic (exact) mass is 595 g/mol. The highest BCUT2D eigenvalue weighted by atomic mass is 16.6. The molecule has 0 fully saturated rings. The fourth-order valence-electron chi connectivity index (χ4n) is 4.54. The summed E-state index contributed by atoms with van der Waals surface area (Å²) in [6, 6.07) is 0. The van der Waals surface area contributed by atoms with Crippen LogP contribution in [0.25, 0.3) is 0 Å². The molecule has 0 aromatic heterocycles. The molecule has 0 spiro atoms. The van der Waals surface area contributed by atoms with Crippen LogP contribution in [0.4, 0.5) is 9.59 Å². The average molecular weight is 595 g/mol. The fourth-order valence-corrected chi connectivity index (χ4v) is 4.54. The highest BCUT2D eigenvalue weighted by Crippen LogP contribution is 2.14. The van der Waals surface area contributed by atoms with Gasteiger partial charge in [0.25, 0.3) is 0 Å². The van der Waals surface area contributed by atoms with Crippen molar-refractivity contribution in [2.75, 3.05) is 0 Å². The Morgan fingerprint density at radius 2 is 0.366 bits per heavy atom. The summed E-state index contributed by atoms with van der Waals surface area (Å²) in [7, 11) is 0. The largest absolute Gasteiger partial charge is 0.503 e. The highest BCUT2D eigenvalue weighted by Gasteiger charge is 1.94. The minimum atomic E-state index is -1.83. The third-order valence-electron chi connectivity index (χ3n) is 6.91. The maximum absolute atomic E-state index is 8.56. The molecule has 0 heterocycles. The standard InChI is InChI=1S/2C16H34.2CH2O3.H2O/c2*1-3-5-7-9-11-13-15-16-14-12-10-8-6-4-2;2*2-1(3)4;/h2*3-16H2,1-2H3;2*(H2,2,3,4);1H2. The molecule has 7 nitrogen and oxygen atoms in total. The minimum Gasteiger partial charge on any atom is -0.450 e. The normalized spacial score (nSPS) is 9.66. The molecule has 0 aliphatic heterocycles. The number of hydrogen-bond donors (Lipinski definition) is 4. The summed E-state index contributed by atoms with van der Waals surface area (Å²) in [5.41, 5.74) is 0. The first kappa shape index (κ1) is 49.2. The molecular formula is C34H74O7. The Labute approximate surface area is 255 Å². The van der Waals surface area contributed by atoms with E-state index in [1.54, 1.807) is 0 Å². The van der Waals surface area contributed by atoms with Crippen molar-refractivity contribution < 1.29 is 35.5 Å². The Morgan fingerprint density at radius 1 is 0.293 bits per heavy atom. The second-order valence-electron chi connectivity index (χ2n) is 11.1. The molecule has 7 heteroatoms. The van der Waals surface area contributed by atoms with Crippen LogP contribution in [-0.4, -0.2) is 38.2 Å². The second-order valence-corrected chi connectivity index (χ2v) is 11.1. The number of hydrogen-bond acceptors (Lipinski definition) is 2. The van der Waals surface area contributed by atoms with Gasteiger partial charge in [-0.25, -0.2) is 9.59 Å². The molecule has 0 aromatic rings. The molecule has 0 radical (unpaired) electrons. The van der Waals surface area contributed by atoms with Crippen molar-refractivity contribution in [2.45, 2.75) is 207 Å². The van der Waals surface area contributed by atoms with E-state index in [1.807, 2.05) is 0 Å². The summed E-state index contributed by atoms with van der Waals surface area (Å²) in [4.78, 5) is 17.1. The van der Waals surface area contributed by atoms with Crippen LogP contribution < -0.4 is 0 Å². The quantitative estimate of drug-likeness (QED) is 0.0732. The number of carbonyl (C=O) groups is 2. The van der Waals surface area contributed by atoms with Crippen LogP contribution in [0.1, 0.15) is 207 Å². The SMILES string of the molecule is CCCCCCCCCCCCCCCC.CCCCCCCCCCCCCCCC.O.O=C(O)O.O=C(O)O. The van der Waals surface area contributed by atoms with Gasteiger partial charge >= 0.3 is 12.3 Å². The summed E-state index contributed by atoms with van der Waals surface area (Å²) in [6.07, 6.45) is 37.2. The maximum Gasteiger partial charge on any atom is 0.503 e. The lowest BCUT2D eigenvalue weighted by molar-refractivity contribution is 0.135. The van der Waals surface area contributed by atoms with Gasteiger partial charge in [0.2, 0.25) is 0 Å². The minimum absolute atomic E-state index is 0. The van der Waals surface area contributed by atoms with Crippen molar-refractivity contribution in [3.05, 3.63) is 0 Å². The zero-order chi connectivity index (χ0) is 31.0. The van der Waals surface area contributed by atoms with Gasteiger partial charge in [-0.15, -0.1) is 0 Å². The Kier molecular flexibility index (Phi) is 61.5. The Morgan fingerprint density at radius 3 is 0.439 bits per heavy atom. The topological polar surface area (TPSA) is 147 Å². The number of carboxylic acid groups (broad SMARTS) is 4. The Bertz CT molecular complexity index is 369. The van der Waals surface area contributed by atoms with E-state index in [0.717, 1.165) is 0 Å². The smallest absolute Gasteiger partial charge is 0.450 e. The van der Waals surface area contributed by atoms with E-state index < -0.39 is 12.3 Å². The van der Waals surface area contributed by atoms with E-state index in [1.165, 1.54) is 180 Å².